The molecule has 0 saturated carbocycles. The van der Waals surface area contributed by atoms with Gasteiger partial charge in [-0.25, -0.2) is 4.79 Å². The summed E-state index contributed by atoms with van der Waals surface area (Å²) in [7, 11) is 1.62. The van der Waals surface area contributed by atoms with Crippen molar-refractivity contribution in [3.05, 3.63) is 59.9 Å². The predicted octanol–water partition coefficient (Wildman–Crippen LogP) is 2.09. The molecule has 0 radical (unpaired) electrons. The smallest absolute Gasteiger partial charge is 0.315 e. The number of nitrogens with zero attached hydrogens (tertiary/aromatic N) is 1. The van der Waals surface area contributed by atoms with E-state index < -0.39 is 0 Å². The first-order valence-electron chi connectivity index (χ1n) is 6.31. The van der Waals surface area contributed by atoms with E-state index in [1.165, 1.54) is 0 Å². The molecule has 5 heteroatoms. The highest BCUT2D eigenvalue weighted by molar-refractivity contribution is 5.73. The second-order valence-electron chi connectivity index (χ2n) is 4.24. The summed E-state index contributed by atoms with van der Waals surface area (Å²) in [5, 5.41) is 5.59. The molecule has 0 unspecified atom stereocenters. The van der Waals surface area contributed by atoms with Crippen molar-refractivity contribution in [1.82, 2.24) is 15.6 Å². The van der Waals surface area contributed by atoms with Crippen LogP contribution in [0.3, 0.4) is 0 Å². The molecule has 0 aliphatic carbocycles. The number of carbonyl (C=O) groups is 1. The number of nitrogens with one attached hydrogen (secondary N) is 2. The third-order valence-electron chi connectivity index (χ3n) is 2.81. The summed E-state index contributed by atoms with van der Waals surface area (Å²) in [5.74, 6) is 0.802. The van der Waals surface area contributed by atoms with Gasteiger partial charge < -0.3 is 15.4 Å². The minimum Gasteiger partial charge on any atom is -0.497 e. The summed E-state index contributed by atoms with van der Waals surface area (Å²) in [6.07, 6.45) is 3.40. The van der Waals surface area contributed by atoms with E-state index in [1.807, 2.05) is 36.4 Å². The monoisotopic (exact) mass is 271 g/mol. The lowest BCUT2D eigenvalue weighted by molar-refractivity contribution is 0.240. The van der Waals surface area contributed by atoms with Gasteiger partial charge in [0.15, 0.2) is 0 Å². The van der Waals surface area contributed by atoms with Crippen molar-refractivity contribution in [2.45, 2.75) is 13.1 Å². The summed E-state index contributed by atoms with van der Waals surface area (Å²) >= 11 is 0. The van der Waals surface area contributed by atoms with E-state index in [0.717, 1.165) is 16.9 Å². The molecule has 0 aliphatic rings. The summed E-state index contributed by atoms with van der Waals surface area (Å²) in [4.78, 5) is 15.6. The number of amides is 2. The molecule has 0 fully saturated rings. The van der Waals surface area contributed by atoms with Gasteiger partial charge in [-0.15, -0.1) is 0 Å². The maximum atomic E-state index is 11.7. The van der Waals surface area contributed by atoms with Crippen LogP contribution in [0.4, 0.5) is 4.79 Å². The third-order valence-corrected chi connectivity index (χ3v) is 2.81. The molecule has 0 saturated heterocycles. The molecule has 2 aromatic rings. The summed E-state index contributed by atoms with van der Waals surface area (Å²) < 4.78 is 5.08. The number of ether oxygens (including phenoxy) is 1. The number of pyridine rings is 1. The molecule has 2 N–H and O–H groups in total. The van der Waals surface area contributed by atoms with Crippen LogP contribution in [0.1, 0.15) is 11.1 Å². The molecule has 0 bridgehead atoms. The van der Waals surface area contributed by atoms with Gasteiger partial charge in [0.05, 0.1) is 7.11 Å². The average molecular weight is 271 g/mol. The molecule has 1 heterocycles. The zero-order chi connectivity index (χ0) is 14.2. The summed E-state index contributed by atoms with van der Waals surface area (Å²) in [5.41, 5.74) is 2.03. The Morgan fingerprint density at radius 2 is 1.55 bits per heavy atom. The van der Waals surface area contributed by atoms with Crippen LogP contribution in [0.2, 0.25) is 0 Å². The number of hydrogen-bond acceptors (Lipinski definition) is 3. The van der Waals surface area contributed by atoms with E-state index in [4.69, 9.17) is 4.74 Å². The van der Waals surface area contributed by atoms with Crippen LogP contribution in [-0.2, 0) is 13.1 Å². The number of urea groups is 1. The lowest BCUT2D eigenvalue weighted by atomic mass is 10.2. The molecule has 104 valence electrons. The number of methoxy groups -OCH3 is 1. The van der Waals surface area contributed by atoms with Crippen molar-refractivity contribution in [3.8, 4) is 5.75 Å². The van der Waals surface area contributed by atoms with Crippen molar-refractivity contribution in [1.29, 1.82) is 0 Å². The second-order valence-corrected chi connectivity index (χ2v) is 4.24. The standard InChI is InChI=1S/C15H17N3O2/c1-20-14-4-2-12(3-5-14)10-17-15(19)18-11-13-6-8-16-9-7-13/h2-9H,10-11H2,1H3,(H2,17,18,19). The first-order valence-corrected chi connectivity index (χ1v) is 6.31. The maximum Gasteiger partial charge on any atom is 0.315 e. The molecule has 20 heavy (non-hydrogen) atoms. The van der Waals surface area contributed by atoms with Crippen LogP contribution in [-0.4, -0.2) is 18.1 Å². The molecular formula is C15H17N3O2. The Morgan fingerprint density at radius 3 is 2.10 bits per heavy atom. The Labute approximate surface area is 118 Å². The fourth-order valence-corrected chi connectivity index (χ4v) is 1.67. The number of benzene rings is 1. The van der Waals surface area contributed by atoms with Crippen LogP contribution in [0.15, 0.2) is 48.8 Å². The molecule has 1 aromatic heterocycles. The van der Waals surface area contributed by atoms with Crippen molar-refractivity contribution in [2.75, 3.05) is 7.11 Å². The van der Waals surface area contributed by atoms with Crippen molar-refractivity contribution in [3.63, 3.8) is 0 Å². The van der Waals surface area contributed by atoms with E-state index >= 15 is 0 Å². The molecule has 2 amide bonds. The Hall–Kier alpha value is -2.56. The molecular weight excluding hydrogens is 254 g/mol. The first-order chi connectivity index (χ1) is 9.78. The zero-order valence-corrected chi connectivity index (χ0v) is 11.3. The average Bonchev–Trinajstić information content (AvgIpc) is 2.52. The van der Waals surface area contributed by atoms with Gasteiger partial charge in [0, 0.05) is 25.5 Å². The van der Waals surface area contributed by atoms with Gasteiger partial charge >= 0.3 is 6.03 Å². The van der Waals surface area contributed by atoms with Gasteiger partial charge in [0.1, 0.15) is 5.75 Å². The Bertz CT molecular complexity index is 541. The van der Waals surface area contributed by atoms with Gasteiger partial charge in [-0.2, -0.15) is 0 Å². The van der Waals surface area contributed by atoms with E-state index in [1.54, 1.807) is 19.5 Å². The summed E-state index contributed by atoms with van der Waals surface area (Å²) in [6.45, 7) is 0.961. The molecule has 0 atom stereocenters. The molecule has 5 nitrogen and oxygen atoms in total. The minimum absolute atomic E-state index is 0.197. The highest BCUT2D eigenvalue weighted by Crippen LogP contribution is 2.10. The Balaban J connectivity index is 1.74. The van der Waals surface area contributed by atoms with Crippen molar-refractivity contribution in [2.24, 2.45) is 0 Å². The van der Waals surface area contributed by atoms with Crippen LogP contribution in [0.25, 0.3) is 0 Å². The van der Waals surface area contributed by atoms with Gasteiger partial charge in [0.2, 0.25) is 0 Å². The maximum absolute atomic E-state index is 11.7. The highest BCUT2D eigenvalue weighted by atomic mass is 16.5. The largest absolute Gasteiger partial charge is 0.497 e. The SMILES string of the molecule is COc1ccc(CNC(=O)NCc2ccncc2)cc1. The van der Waals surface area contributed by atoms with Gasteiger partial charge in [0.25, 0.3) is 0 Å². The molecule has 0 spiro atoms. The topological polar surface area (TPSA) is 63.2 Å². The Morgan fingerprint density at radius 1 is 1.00 bits per heavy atom. The minimum atomic E-state index is -0.197. The van der Waals surface area contributed by atoms with Crippen molar-refractivity contribution >= 4 is 6.03 Å². The molecule has 1 aromatic carbocycles. The number of rotatable bonds is 5. The quantitative estimate of drug-likeness (QED) is 0.875. The molecule has 2 rings (SSSR count). The third kappa shape index (κ3) is 4.28. The predicted molar refractivity (Wildman–Crippen MR) is 76.3 cm³/mol. The molecule has 0 aliphatic heterocycles. The fourth-order valence-electron chi connectivity index (χ4n) is 1.67. The van der Waals surface area contributed by atoms with E-state index in [0.29, 0.717) is 13.1 Å². The fraction of sp³-hybridized carbons (Fsp3) is 0.200. The number of hydrogen-bond donors (Lipinski definition) is 2. The lowest BCUT2D eigenvalue weighted by Gasteiger charge is -2.08. The number of aromatic nitrogens is 1. The van der Waals surface area contributed by atoms with Crippen LogP contribution >= 0.6 is 0 Å². The zero-order valence-electron chi connectivity index (χ0n) is 11.3. The van der Waals surface area contributed by atoms with Crippen LogP contribution < -0.4 is 15.4 Å². The van der Waals surface area contributed by atoms with Crippen LogP contribution in [0.5, 0.6) is 5.75 Å². The van der Waals surface area contributed by atoms with Gasteiger partial charge in [-0.05, 0) is 35.4 Å². The lowest BCUT2D eigenvalue weighted by Crippen LogP contribution is -2.34. The highest BCUT2D eigenvalue weighted by Gasteiger charge is 2.01. The number of carbonyl (C=O) groups excluding carboxylic acids is 1. The van der Waals surface area contributed by atoms with Gasteiger partial charge in [-0.1, -0.05) is 12.1 Å². The van der Waals surface area contributed by atoms with Crippen molar-refractivity contribution < 1.29 is 9.53 Å². The van der Waals surface area contributed by atoms with E-state index in [2.05, 4.69) is 15.6 Å². The Kier molecular flexibility index (Phi) is 4.94. The van der Waals surface area contributed by atoms with E-state index in [-0.39, 0.29) is 6.03 Å². The first kappa shape index (κ1) is 13.9. The van der Waals surface area contributed by atoms with Gasteiger partial charge in [-0.3, -0.25) is 4.98 Å². The van der Waals surface area contributed by atoms with E-state index in [9.17, 15) is 4.79 Å². The summed E-state index contributed by atoms with van der Waals surface area (Å²) in [6, 6.07) is 11.1. The normalized spacial score (nSPS) is 9.85. The second kappa shape index (κ2) is 7.13. The van der Waals surface area contributed by atoms with Crippen LogP contribution in [0, 0.1) is 0 Å².